The van der Waals surface area contributed by atoms with E-state index >= 15 is 0 Å². The predicted octanol–water partition coefficient (Wildman–Crippen LogP) is 2.78. The van der Waals surface area contributed by atoms with E-state index in [9.17, 15) is 9.18 Å². The molecule has 3 aromatic rings. The van der Waals surface area contributed by atoms with E-state index in [1.54, 1.807) is 6.07 Å². The van der Waals surface area contributed by atoms with E-state index in [0.29, 0.717) is 13.1 Å². The summed E-state index contributed by atoms with van der Waals surface area (Å²) in [5.41, 5.74) is 3.41. The number of piperazine rings is 1. The molecule has 1 aromatic heterocycles. The first kappa shape index (κ1) is 19.5. The number of hydrogen-bond donors (Lipinski definition) is 1. The molecular weight excluding hydrogens is 369 g/mol. The number of aryl methyl sites for hydroxylation is 2. The van der Waals surface area contributed by atoms with E-state index < -0.39 is 0 Å². The van der Waals surface area contributed by atoms with E-state index in [4.69, 9.17) is 0 Å². The zero-order chi connectivity index (χ0) is 20.4. The van der Waals surface area contributed by atoms with Gasteiger partial charge in [-0.3, -0.25) is 14.6 Å². The molecule has 1 aliphatic heterocycles. The molecule has 0 unspecified atom stereocenters. The Morgan fingerprint density at radius 1 is 1.10 bits per heavy atom. The molecule has 2 aromatic carbocycles. The number of anilines is 1. The van der Waals surface area contributed by atoms with Gasteiger partial charge in [-0.15, -0.1) is 0 Å². The summed E-state index contributed by atoms with van der Waals surface area (Å²) >= 11 is 0. The van der Waals surface area contributed by atoms with E-state index in [1.807, 2.05) is 48.9 Å². The minimum Gasteiger partial charge on any atom is -0.331 e. The standard InChI is InChI=1S/C22H26FN5O/c1-16-24-20-13-18(7-8-21(20)26(16)2)25-22(29)15-28-11-9-27(10-12-28)14-17-5-3-4-6-19(17)23/h3-8,13H,9-12,14-15H2,1-2H3,(H,25,29). The monoisotopic (exact) mass is 395 g/mol. The number of rotatable bonds is 5. The lowest BCUT2D eigenvalue weighted by Crippen LogP contribution is -2.48. The zero-order valence-electron chi connectivity index (χ0n) is 16.9. The molecule has 2 heterocycles. The first-order valence-corrected chi connectivity index (χ1v) is 9.90. The summed E-state index contributed by atoms with van der Waals surface area (Å²) in [6.45, 7) is 6.15. The Kier molecular flexibility index (Phi) is 5.60. The minimum atomic E-state index is -0.158. The lowest BCUT2D eigenvalue weighted by atomic mass is 10.2. The van der Waals surface area contributed by atoms with Gasteiger partial charge < -0.3 is 9.88 Å². The van der Waals surface area contributed by atoms with Crippen molar-refractivity contribution in [2.45, 2.75) is 13.5 Å². The van der Waals surface area contributed by atoms with Gasteiger partial charge >= 0.3 is 0 Å². The third-order valence-corrected chi connectivity index (χ3v) is 5.57. The van der Waals surface area contributed by atoms with Crippen molar-refractivity contribution in [3.63, 3.8) is 0 Å². The van der Waals surface area contributed by atoms with Gasteiger partial charge in [-0.2, -0.15) is 0 Å². The molecule has 1 aliphatic rings. The second kappa shape index (κ2) is 8.31. The summed E-state index contributed by atoms with van der Waals surface area (Å²) in [6, 6.07) is 12.7. The van der Waals surface area contributed by atoms with Crippen molar-refractivity contribution in [2.24, 2.45) is 7.05 Å². The smallest absolute Gasteiger partial charge is 0.238 e. The molecule has 1 amide bonds. The Hall–Kier alpha value is -2.77. The second-order valence-electron chi connectivity index (χ2n) is 7.61. The largest absolute Gasteiger partial charge is 0.331 e. The summed E-state index contributed by atoms with van der Waals surface area (Å²) in [5.74, 6) is 0.755. The van der Waals surface area contributed by atoms with Crippen molar-refractivity contribution in [3.05, 3.63) is 59.7 Å². The number of nitrogens with one attached hydrogen (secondary N) is 1. The number of carbonyl (C=O) groups excluding carboxylic acids is 1. The molecule has 0 spiro atoms. The van der Waals surface area contributed by atoms with Crippen LogP contribution in [0.2, 0.25) is 0 Å². The molecule has 1 fully saturated rings. The van der Waals surface area contributed by atoms with Crippen LogP contribution in [0.4, 0.5) is 10.1 Å². The highest BCUT2D eigenvalue weighted by Gasteiger charge is 2.20. The van der Waals surface area contributed by atoms with Crippen LogP contribution in [0.15, 0.2) is 42.5 Å². The second-order valence-corrected chi connectivity index (χ2v) is 7.61. The molecule has 6 nitrogen and oxygen atoms in total. The number of amides is 1. The number of imidazole rings is 1. The Bertz CT molecular complexity index is 1020. The van der Waals surface area contributed by atoms with Crippen LogP contribution in [0.1, 0.15) is 11.4 Å². The summed E-state index contributed by atoms with van der Waals surface area (Å²) in [7, 11) is 1.98. The summed E-state index contributed by atoms with van der Waals surface area (Å²) in [6.07, 6.45) is 0. The Morgan fingerprint density at radius 3 is 2.59 bits per heavy atom. The van der Waals surface area contributed by atoms with Crippen LogP contribution >= 0.6 is 0 Å². The summed E-state index contributed by atoms with van der Waals surface area (Å²) in [4.78, 5) is 21.3. The van der Waals surface area contributed by atoms with Gasteiger partial charge in [0.1, 0.15) is 11.6 Å². The molecule has 0 radical (unpaired) electrons. The molecule has 1 N–H and O–H groups in total. The molecule has 0 atom stereocenters. The number of nitrogens with zero attached hydrogens (tertiary/aromatic N) is 4. The highest BCUT2D eigenvalue weighted by atomic mass is 19.1. The third-order valence-electron chi connectivity index (χ3n) is 5.57. The molecular formula is C22H26FN5O. The molecule has 1 saturated heterocycles. The fraction of sp³-hybridized carbons (Fsp3) is 0.364. The fourth-order valence-electron chi connectivity index (χ4n) is 3.77. The first-order valence-electron chi connectivity index (χ1n) is 9.90. The fourth-order valence-corrected chi connectivity index (χ4v) is 3.77. The lowest BCUT2D eigenvalue weighted by molar-refractivity contribution is -0.117. The van der Waals surface area contributed by atoms with Crippen molar-refractivity contribution in [1.82, 2.24) is 19.4 Å². The predicted molar refractivity (Wildman–Crippen MR) is 112 cm³/mol. The Labute approximate surface area is 169 Å². The minimum absolute atomic E-state index is 0.0282. The van der Waals surface area contributed by atoms with Crippen molar-refractivity contribution in [1.29, 1.82) is 0 Å². The van der Waals surface area contributed by atoms with E-state index in [2.05, 4.69) is 20.1 Å². The summed E-state index contributed by atoms with van der Waals surface area (Å²) < 4.78 is 15.9. The van der Waals surface area contributed by atoms with Crippen molar-refractivity contribution >= 4 is 22.6 Å². The van der Waals surface area contributed by atoms with Crippen LogP contribution in [0.3, 0.4) is 0 Å². The van der Waals surface area contributed by atoms with Gasteiger partial charge in [-0.05, 0) is 31.2 Å². The molecule has 4 rings (SSSR count). The van der Waals surface area contributed by atoms with Gasteiger partial charge in [0.15, 0.2) is 0 Å². The van der Waals surface area contributed by atoms with Gasteiger partial charge in [-0.25, -0.2) is 9.37 Å². The average Bonchev–Trinajstić information content (AvgIpc) is 2.98. The average molecular weight is 395 g/mol. The number of halogens is 1. The SMILES string of the molecule is Cc1nc2cc(NC(=O)CN3CCN(Cc4ccccc4F)CC3)ccc2n1C. The van der Waals surface area contributed by atoms with E-state index in [-0.39, 0.29) is 11.7 Å². The number of benzene rings is 2. The number of carbonyl (C=O) groups is 1. The topological polar surface area (TPSA) is 53.4 Å². The van der Waals surface area contributed by atoms with Crippen LogP contribution in [-0.4, -0.2) is 58.0 Å². The van der Waals surface area contributed by atoms with Crippen molar-refractivity contribution < 1.29 is 9.18 Å². The zero-order valence-corrected chi connectivity index (χ0v) is 16.9. The normalized spacial score (nSPS) is 15.7. The highest BCUT2D eigenvalue weighted by Crippen LogP contribution is 2.19. The maximum absolute atomic E-state index is 13.8. The van der Waals surface area contributed by atoms with Crippen LogP contribution in [-0.2, 0) is 18.4 Å². The molecule has 0 aliphatic carbocycles. The van der Waals surface area contributed by atoms with Gasteiger partial charge in [0.05, 0.1) is 17.6 Å². The van der Waals surface area contributed by atoms with Gasteiger partial charge in [-0.1, -0.05) is 18.2 Å². The molecule has 29 heavy (non-hydrogen) atoms. The molecule has 7 heteroatoms. The number of hydrogen-bond acceptors (Lipinski definition) is 4. The van der Waals surface area contributed by atoms with Gasteiger partial charge in [0, 0.05) is 51.0 Å². The van der Waals surface area contributed by atoms with E-state index in [1.165, 1.54) is 6.07 Å². The van der Waals surface area contributed by atoms with Gasteiger partial charge in [0.25, 0.3) is 0 Å². The van der Waals surface area contributed by atoms with E-state index in [0.717, 1.165) is 54.3 Å². The third kappa shape index (κ3) is 4.46. The van der Waals surface area contributed by atoms with Crippen LogP contribution in [0.25, 0.3) is 11.0 Å². The molecule has 152 valence electrons. The number of aromatic nitrogens is 2. The molecule has 0 bridgehead atoms. The summed E-state index contributed by atoms with van der Waals surface area (Å²) in [5, 5.41) is 2.98. The van der Waals surface area contributed by atoms with Gasteiger partial charge in [0.2, 0.25) is 5.91 Å². The quantitative estimate of drug-likeness (QED) is 0.722. The Morgan fingerprint density at radius 2 is 1.83 bits per heavy atom. The van der Waals surface area contributed by atoms with Crippen molar-refractivity contribution in [2.75, 3.05) is 38.0 Å². The maximum atomic E-state index is 13.8. The van der Waals surface area contributed by atoms with Crippen LogP contribution in [0.5, 0.6) is 0 Å². The van der Waals surface area contributed by atoms with Crippen LogP contribution < -0.4 is 5.32 Å². The lowest BCUT2D eigenvalue weighted by Gasteiger charge is -2.34. The van der Waals surface area contributed by atoms with Crippen LogP contribution in [0, 0.1) is 12.7 Å². The maximum Gasteiger partial charge on any atom is 0.238 e. The highest BCUT2D eigenvalue weighted by molar-refractivity contribution is 5.94. The van der Waals surface area contributed by atoms with Crippen molar-refractivity contribution in [3.8, 4) is 0 Å². The first-order chi connectivity index (χ1) is 14.0. The number of fused-ring (bicyclic) bond motifs is 1. The molecule has 0 saturated carbocycles. The Balaban J connectivity index is 1.28.